The number of aliphatic hydroxyl groups excluding tert-OH is 1. The number of sulfonamides is 1. The maximum absolute atomic E-state index is 11.1. The predicted molar refractivity (Wildman–Crippen MR) is 83.6 cm³/mol. The Morgan fingerprint density at radius 1 is 1.33 bits per heavy atom. The van der Waals surface area contributed by atoms with Crippen molar-refractivity contribution < 1.29 is 13.5 Å². The lowest BCUT2D eigenvalue weighted by Crippen LogP contribution is -2.33. The van der Waals surface area contributed by atoms with E-state index in [1.165, 1.54) is 17.4 Å². The average molecular weight is 312 g/mol. The molecule has 0 spiro atoms. The van der Waals surface area contributed by atoms with E-state index in [9.17, 15) is 13.5 Å². The number of hydrogen-bond donors (Lipinski definition) is 2. The van der Waals surface area contributed by atoms with Crippen LogP contribution in [0, 0.1) is 0 Å². The van der Waals surface area contributed by atoms with Gasteiger partial charge in [0.05, 0.1) is 12.9 Å². The van der Waals surface area contributed by atoms with Crippen LogP contribution in [0.4, 0.5) is 0 Å². The Labute approximate surface area is 127 Å². The molecule has 0 saturated heterocycles. The van der Waals surface area contributed by atoms with Gasteiger partial charge in [-0.05, 0) is 30.4 Å². The molecule has 1 aliphatic rings. The lowest BCUT2D eigenvalue weighted by Gasteiger charge is -2.29. The molecule has 0 aromatic heterocycles. The molecule has 0 aliphatic heterocycles. The summed E-state index contributed by atoms with van der Waals surface area (Å²) in [6.07, 6.45) is 4.06. The predicted octanol–water partition coefficient (Wildman–Crippen LogP) is 0.907. The summed E-state index contributed by atoms with van der Waals surface area (Å²) in [5, 5.41) is 9.28. The Hall–Kier alpha value is -0.950. The summed E-state index contributed by atoms with van der Waals surface area (Å²) >= 11 is 0. The summed E-state index contributed by atoms with van der Waals surface area (Å²) in [7, 11) is -3.12. The van der Waals surface area contributed by atoms with Gasteiger partial charge in [0.25, 0.3) is 0 Å². The number of nitrogens with zero attached hydrogens (tertiary/aromatic N) is 1. The molecule has 1 atom stereocenters. The van der Waals surface area contributed by atoms with Gasteiger partial charge in [-0.3, -0.25) is 4.90 Å². The second-order valence-corrected chi connectivity index (χ2v) is 7.37. The number of fused-ring (bicyclic) bond motifs is 1. The molecule has 118 valence electrons. The number of nitrogens with one attached hydrogen (secondary N) is 1. The number of aryl methyl sites for hydroxylation is 1. The molecular weight excluding hydrogens is 288 g/mol. The number of benzene rings is 1. The fourth-order valence-corrected chi connectivity index (χ4v) is 3.52. The van der Waals surface area contributed by atoms with Crippen LogP contribution in [0.5, 0.6) is 0 Å². The van der Waals surface area contributed by atoms with Crippen molar-refractivity contribution in [1.29, 1.82) is 0 Å². The second-order valence-electron chi connectivity index (χ2n) is 5.53. The zero-order valence-corrected chi connectivity index (χ0v) is 13.3. The van der Waals surface area contributed by atoms with Crippen LogP contribution in [0.1, 0.15) is 30.0 Å². The largest absolute Gasteiger partial charge is 0.395 e. The molecular formula is C15H24N2O3S. The van der Waals surface area contributed by atoms with Crippen LogP contribution in [0.2, 0.25) is 0 Å². The zero-order chi connectivity index (χ0) is 15.3. The first-order valence-corrected chi connectivity index (χ1v) is 9.28. The van der Waals surface area contributed by atoms with Crippen molar-refractivity contribution in [3.63, 3.8) is 0 Å². The summed E-state index contributed by atoms with van der Waals surface area (Å²) in [5.41, 5.74) is 2.74. The maximum atomic E-state index is 11.1. The van der Waals surface area contributed by atoms with Crippen molar-refractivity contribution in [2.24, 2.45) is 0 Å². The van der Waals surface area contributed by atoms with Crippen LogP contribution in [0.15, 0.2) is 24.3 Å². The van der Waals surface area contributed by atoms with Gasteiger partial charge in [0.1, 0.15) is 0 Å². The van der Waals surface area contributed by atoms with E-state index < -0.39 is 10.0 Å². The Morgan fingerprint density at radius 3 is 2.81 bits per heavy atom. The standard InChI is InChI=1S/C15H24N2O3S/c1-21(19,20)16-9-4-10-17(11-12-18)15-8-7-13-5-2-3-6-14(13)15/h2-3,5-6,15-16,18H,4,7-12H2,1H3. The van der Waals surface area contributed by atoms with Crippen LogP contribution in [0.3, 0.4) is 0 Å². The lowest BCUT2D eigenvalue weighted by molar-refractivity contribution is 0.149. The molecule has 5 nitrogen and oxygen atoms in total. The molecule has 6 heteroatoms. The summed E-state index contributed by atoms with van der Waals surface area (Å²) in [6.45, 7) is 1.97. The van der Waals surface area contributed by atoms with Gasteiger partial charge in [-0.15, -0.1) is 0 Å². The minimum atomic E-state index is -3.12. The highest BCUT2D eigenvalue weighted by atomic mass is 32.2. The number of rotatable bonds is 8. The number of aliphatic hydroxyl groups is 1. The van der Waals surface area contributed by atoms with Crippen LogP contribution in [0.25, 0.3) is 0 Å². The SMILES string of the molecule is CS(=O)(=O)NCCCN(CCO)C1CCc2ccccc21. The van der Waals surface area contributed by atoms with E-state index in [1.807, 2.05) is 0 Å². The lowest BCUT2D eigenvalue weighted by atomic mass is 10.1. The molecule has 2 N–H and O–H groups in total. The number of hydrogen-bond acceptors (Lipinski definition) is 4. The highest BCUT2D eigenvalue weighted by molar-refractivity contribution is 7.88. The Bertz CT molecular complexity index is 560. The van der Waals surface area contributed by atoms with Crippen molar-refractivity contribution >= 4 is 10.0 Å². The fourth-order valence-electron chi connectivity index (χ4n) is 3.01. The highest BCUT2D eigenvalue weighted by Gasteiger charge is 2.26. The smallest absolute Gasteiger partial charge is 0.208 e. The van der Waals surface area contributed by atoms with Crippen LogP contribution in [-0.2, 0) is 16.4 Å². The van der Waals surface area contributed by atoms with Gasteiger partial charge in [-0.1, -0.05) is 24.3 Å². The van der Waals surface area contributed by atoms with Gasteiger partial charge < -0.3 is 5.11 Å². The minimum absolute atomic E-state index is 0.123. The fraction of sp³-hybridized carbons (Fsp3) is 0.600. The van der Waals surface area contributed by atoms with Gasteiger partial charge in [-0.25, -0.2) is 13.1 Å². The molecule has 1 aromatic rings. The normalized spacial score (nSPS) is 18.1. The Kier molecular flexibility index (Phi) is 5.75. The van der Waals surface area contributed by atoms with E-state index in [-0.39, 0.29) is 6.61 Å². The van der Waals surface area contributed by atoms with Crippen molar-refractivity contribution in [1.82, 2.24) is 9.62 Å². The Balaban J connectivity index is 1.94. The van der Waals surface area contributed by atoms with E-state index in [1.54, 1.807) is 0 Å². The molecule has 0 fully saturated rings. The van der Waals surface area contributed by atoms with Gasteiger partial charge in [0.15, 0.2) is 0 Å². The molecule has 1 aromatic carbocycles. The molecule has 2 rings (SSSR count). The van der Waals surface area contributed by atoms with Crippen molar-refractivity contribution in [2.75, 3.05) is 32.5 Å². The zero-order valence-electron chi connectivity index (χ0n) is 12.5. The summed E-state index contributed by atoms with van der Waals surface area (Å²) in [5.74, 6) is 0. The van der Waals surface area contributed by atoms with Crippen molar-refractivity contribution in [3.05, 3.63) is 35.4 Å². The van der Waals surface area contributed by atoms with E-state index in [2.05, 4.69) is 33.9 Å². The van der Waals surface area contributed by atoms with E-state index in [4.69, 9.17) is 0 Å². The monoisotopic (exact) mass is 312 g/mol. The molecule has 1 aliphatic carbocycles. The van der Waals surface area contributed by atoms with E-state index in [0.29, 0.717) is 19.1 Å². The minimum Gasteiger partial charge on any atom is -0.395 e. The van der Waals surface area contributed by atoms with E-state index >= 15 is 0 Å². The van der Waals surface area contributed by atoms with Gasteiger partial charge in [0, 0.05) is 25.7 Å². The third-order valence-electron chi connectivity index (χ3n) is 3.92. The van der Waals surface area contributed by atoms with Gasteiger partial charge >= 0.3 is 0 Å². The summed E-state index contributed by atoms with van der Waals surface area (Å²) < 4.78 is 24.6. The molecule has 0 radical (unpaired) electrons. The highest BCUT2D eigenvalue weighted by Crippen LogP contribution is 2.35. The third-order valence-corrected chi connectivity index (χ3v) is 4.64. The molecule has 0 bridgehead atoms. The van der Waals surface area contributed by atoms with Crippen molar-refractivity contribution in [2.45, 2.75) is 25.3 Å². The molecule has 21 heavy (non-hydrogen) atoms. The molecule has 1 unspecified atom stereocenters. The first kappa shape index (κ1) is 16.4. The quantitative estimate of drug-likeness (QED) is 0.700. The molecule has 0 amide bonds. The van der Waals surface area contributed by atoms with Crippen LogP contribution >= 0.6 is 0 Å². The van der Waals surface area contributed by atoms with E-state index in [0.717, 1.165) is 25.8 Å². The summed E-state index contributed by atoms with van der Waals surface area (Å²) in [4.78, 5) is 2.26. The summed E-state index contributed by atoms with van der Waals surface area (Å²) in [6, 6.07) is 8.78. The average Bonchev–Trinajstić information content (AvgIpc) is 2.85. The van der Waals surface area contributed by atoms with Gasteiger partial charge in [-0.2, -0.15) is 0 Å². The van der Waals surface area contributed by atoms with Crippen molar-refractivity contribution in [3.8, 4) is 0 Å². The topological polar surface area (TPSA) is 69.6 Å². The molecule has 0 heterocycles. The van der Waals surface area contributed by atoms with Crippen LogP contribution < -0.4 is 4.72 Å². The Morgan fingerprint density at radius 2 is 2.10 bits per heavy atom. The first-order chi connectivity index (χ1) is 10.0. The van der Waals surface area contributed by atoms with Crippen LogP contribution in [-0.4, -0.2) is 50.9 Å². The maximum Gasteiger partial charge on any atom is 0.208 e. The second kappa shape index (κ2) is 7.35. The van der Waals surface area contributed by atoms with Gasteiger partial charge in [0.2, 0.25) is 10.0 Å². The third kappa shape index (κ3) is 4.78. The molecule has 0 saturated carbocycles. The first-order valence-electron chi connectivity index (χ1n) is 7.38.